The van der Waals surface area contributed by atoms with Crippen LogP contribution in [0.25, 0.3) is 0 Å². The van der Waals surface area contributed by atoms with E-state index >= 15 is 0 Å². The Bertz CT molecular complexity index is 644. The summed E-state index contributed by atoms with van der Waals surface area (Å²) < 4.78 is 0. The maximum atomic E-state index is 11.0. The van der Waals surface area contributed by atoms with E-state index in [1.165, 1.54) is 12.1 Å². The summed E-state index contributed by atoms with van der Waals surface area (Å²) in [6, 6.07) is 10.3. The van der Waals surface area contributed by atoms with Gasteiger partial charge in [-0.25, -0.2) is 4.98 Å². The van der Waals surface area contributed by atoms with Crippen LogP contribution in [0.15, 0.2) is 36.4 Å². The first-order valence-electron chi connectivity index (χ1n) is 6.38. The number of hydrogen-bond donors (Lipinski definition) is 2. The summed E-state index contributed by atoms with van der Waals surface area (Å²) in [4.78, 5) is 14.4. The number of anilines is 2. The number of pyridine rings is 1. The highest BCUT2D eigenvalue weighted by Crippen LogP contribution is 2.27. The Hall–Kier alpha value is -2.18. The summed E-state index contributed by atoms with van der Waals surface area (Å²) in [7, 11) is 0. The fourth-order valence-corrected chi connectivity index (χ4v) is 2.05. The molecule has 6 nitrogen and oxygen atoms in total. The third-order valence-electron chi connectivity index (χ3n) is 2.81. The van der Waals surface area contributed by atoms with E-state index in [9.17, 15) is 10.1 Å². The van der Waals surface area contributed by atoms with Crippen molar-refractivity contribution in [1.82, 2.24) is 4.98 Å². The number of nitro groups is 1. The van der Waals surface area contributed by atoms with Crippen molar-refractivity contribution in [2.24, 2.45) is 5.73 Å². The number of halogens is 1. The van der Waals surface area contributed by atoms with Crippen molar-refractivity contribution in [2.75, 3.05) is 5.32 Å². The number of nitrogens with zero attached hydrogens (tertiary/aromatic N) is 2. The van der Waals surface area contributed by atoms with Crippen molar-refractivity contribution in [3.05, 3.63) is 57.2 Å². The highest BCUT2D eigenvalue weighted by atomic mass is 35.5. The van der Waals surface area contributed by atoms with E-state index in [-0.39, 0.29) is 22.7 Å². The number of aromatic nitrogens is 1. The van der Waals surface area contributed by atoms with Crippen molar-refractivity contribution in [3.8, 4) is 0 Å². The first-order chi connectivity index (χ1) is 9.95. The van der Waals surface area contributed by atoms with Gasteiger partial charge in [-0.3, -0.25) is 10.1 Å². The first-order valence-corrected chi connectivity index (χ1v) is 6.76. The predicted molar refractivity (Wildman–Crippen MR) is 83.0 cm³/mol. The zero-order valence-electron chi connectivity index (χ0n) is 11.4. The molecule has 0 radical (unpaired) electrons. The van der Waals surface area contributed by atoms with Crippen LogP contribution in [0.5, 0.6) is 0 Å². The van der Waals surface area contributed by atoms with Gasteiger partial charge in [0.25, 0.3) is 0 Å². The average molecular weight is 307 g/mol. The molecule has 7 heteroatoms. The van der Waals surface area contributed by atoms with E-state index in [2.05, 4.69) is 10.3 Å². The summed E-state index contributed by atoms with van der Waals surface area (Å²) >= 11 is 5.78. The van der Waals surface area contributed by atoms with E-state index in [4.69, 9.17) is 17.3 Å². The third-order valence-corrected chi connectivity index (χ3v) is 3.02. The van der Waals surface area contributed by atoms with Gasteiger partial charge in [0.1, 0.15) is 5.15 Å². The molecule has 21 heavy (non-hydrogen) atoms. The average Bonchev–Trinajstić information content (AvgIpc) is 2.40. The molecule has 0 saturated carbocycles. The molecule has 3 N–H and O–H groups in total. The van der Waals surface area contributed by atoms with Crippen LogP contribution in [0.3, 0.4) is 0 Å². The molecule has 0 amide bonds. The summed E-state index contributed by atoms with van der Waals surface area (Å²) in [6.45, 7) is 1.94. The van der Waals surface area contributed by atoms with Crippen LogP contribution in [0, 0.1) is 10.1 Å². The molecule has 110 valence electrons. The normalized spacial score (nSPS) is 12.0. The van der Waals surface area contributed by atoms with Crippen molar-refractivity contribution in [3.63, 3.8) is 0 Å². The molecule has 1 heterocycles. The van der Waals surface area contributed by atoms with Gasteiger partial charge in [-0.15, -0.1) is 0 Å². The molecule has 0 aliphatic rings. The minimum atomic E-state index is -0.504. The van der Waals surface area contributed by atoms with Crippen molar-refractivity contribution < 1.29 is 4.92 Å². The summed E-state index contributed by atoms with van der Waals surface area (Å²) in [5, 5.41) is 14.1. The zero-order valence-corrected chi connectivity index (χ0v) is 12.2. The van der Waals surface area contributed by atoms with Crippen LogP contribution in [-0.4, -0.2) is 15.9 Å². The number of benzene rings is 1. The van der Waals surface area contributed by atoms with Crippen LogP contribution in [0.1, 0.15) is 12.5 Å². The Morgan fingerprint density at radius 2 is 2.00 bits per heavy atom. The van der Waals surface area contributed by atoms with E-state index in [1.54, 1.807) is 0 Å². The second-order valence-corrected chi connectivity index (χ2v) is 5.15. The molecule has 1 aromatic carbocycles. The maximum absolute atomic E-state index is 11.0. The van der Waals surface area contributed by atoms with Gasteiger partial charge in [0.05, 0.1) is 4.92 Å². The Morgan fingerprint density at radius 1 is 1.33 bits per heavy atom. The predicted octanol–water partition coefficient (Wildman–Crippen LogP) is 3.28. The third kappa shape index (κ3) is 4.14. The molecule has 0 aliphatic carbocycles. The van der Waals surface area contributed by atoms with Crippen LogP contribution in [0.2, 0.25) is 5.15 Å². The molecule has 1 atom stereocenters. The van der Waals surface area contributed by atoms with Crippen molar-refractivity contribution in [2.45, 2.75) is 19.4 Å². The van der Waals surface area contributed by atoms with Gasteiger partial charge in [-0.2, -0.15) is 0 Å². The fraction of sp³-hybridized carbons (Fsp3) is 0.214. The molecule has 2 rings (SSSR count). The van der Waals surface area contributed by atoms with Crippen LogP contribution >= 0.6 is 11.6 Å². The number of nitrogens with one attached hydrogen (secondary N) is 1. The number of hydrogen-bond acceptors (Lipinski definition) is 5. The molecule has 1 unspecified atom stereocenters. The minimum Gasteiger partial charge on any atom is -0.334 e. The molecule has 0 fully saturated rings. The lowest BCUT2D eigenvalue weighted by Gasteiger charge is -2.09. The number of rotatable bonds is 5. The SMILES string of the molecule is CC(N)Cc1ccc(Nc2nc(Cl)ccc2[N+](=O)[O-])cc1. The Labute approximate surface area is 127 Å². The van der Waals surface area contributed by atoms with Gasteiger partial charge < -0.3 is 11.1 Å². The summed E-state index contributed by atoms with van der Waals surface area (Å²) in [6.07, 6.45) is 0.774. The zero-order chi connectivity index (χ0) is 15.4. The summed E-state index contributed by atoms with van der Waals surface area (Å²) in [5.41, 5.74) is 7.41. The first kappa shape index (κ1) is 15.2. The Kier molecular flexibility index (Phi) is 4.72. The quantitative estimate of drug-likeness (QED) is 0.502. The lowest BCUT2D eigenvalue weighted by molar-refractivity contribution is -0.384. The Balaban J connectivity index is 2.22. The standard InChI is InChI=1S/C14H15ClN4O2/c1-9(16)8-10-2-4-11(5-3-10)17-14-12(19(20)21)6-7-13(15)18-14/h2-7,9H,8,16H2,1H3,(H,17,18). The van der Waals surface area contributed by atoms with Gasteiger partial charge in [-0.05, 0) is 37.1 Å². The van der Waals surface area contributed by atoms with E-state index in [0.29, 0.717) is 5.69 Å². The second kappa shape index (κ2) is 6.51. The lowest BCUT2D eigenvalue weighted by Crippen LogP contribution is -2.17. The van der Waals surface area contributed by atoms with Crippen molar-refractivity contribution in [1.29, 1.82) is 0 Å². The molecule has 1 aromatic heterocycles. The highest BCUT2D eigenvalue weighted by Gasteiger charge is 2.15. The molecule has 0 bridgehead atoms. The topological polar surface area (TPSA) is 94.1 Å². The minimum absolute atomic E-state index is 0.0829. The van der Waals surface area contributed by atoms with E-state index < -0.39 is 4.92 Å². The second-order valence-electron chi connectivity index (χ2n) is 4.76. The molecule has 2 aromatic rings. The van der Waals surface area contributed by atoms with E-state index in [1.807, 2.05) is 31.2 Å². The molecule has 0 spiro atoms. The van der Waals surface area contributed by atoms with Gasteiger partial charge in [0.15, 0.2) is 0 Å². The largest absolute Gasteiger partial charge is 0.334 e. The Morgan fingerprint density at radius 3 is 2.57 bits per heavy atom. The summed E-state index contributed by atoms with van der Waals surface area (Å²) in [5.74, 6) is 0.118. The van der Waals surface area contributed by atoms with Gasteiger partial charge in [0.2, 0.25) is 5.82 Å². The van der Waals surface area contributed by atoms with Crippen LogP contribution in [-0.2, 0) is 6.42 Å². The molecular formula is C14H15ClN4O2. The van der Waals surface area contributed by atoms with Crippen LogP contribution < -0.4 is 11.1 Å². The maximum Gasteiger partial charge on any atom is 0.311 e. The van der Waals surface area contributed by atoms with Crippen molar-refractivity contribution >= 4 is 28.8 Å². The van der Waals surface area contributed by atoms with Gasteiger partial charge in [0, 0.05) is 17.8 Å². The molecule has 0 aliphatic heterocycles. The highest BCUT2D eigenvalue weighted by molar-refractivity contribution is 6.29. The van der Waals surface area contributed by atoms with Gasteiger partial charge in [-0.1, -0.05) is 23.7 Å². The molecule has 0 saturated heterocycles. The molecular weight excluding hydrogens is 292 g/mol. The lowest BCUT2D eigenvalue weighted by atomic mass is 10.1. The van der Waals surface area contributed by atoms with Crippen LogP contribution in [0.4, 0.5) is 17.2 Å². The van der Waals surface area contributed by atoms with Gasteiger partial charge >= 0.3 is 5.69 Å². The smallest absolute Gasteiger partial charge is 0.311 e. The monoisotopic (exact) mass is 306 g/mol. The van der Waals surface area contributed by atoms with E-state index in [0.717, 1.165) is 12.0 Å². The number of nitrogens with two attached hydrogens (primary N) is 1. The fourth-order valence-electron chi connectivity index (χ4n) is 1.90.